The minimum absolute atomic E-state index is 0.251. The molecule has 3 heteroatoms. The largest absolute Gasteiger partial charge is 0.385 e. The first kappa shape index (κ1) is 12.6. The van der Waals surface area contributed by atoms with Crippen molar-refractivity contribution in [2.75, 3.05) is 33.4 Å². The Hall–Kier alpha value is -0.380. The van der Waals surface area contributed by atoms with Gasteiger partial charge in [-0.2, -0.15) is 0 Å². The normalized spacial score (nSPS) is 12.8. The first-order chi connectivity index (χ1) is 6.31. The van der Waals surface area contributed by atoms with Gasteiger partial charge in [-0.3, -0.25) is 0 Å². The molecule has 0 rings (SSSR count). The second-order valence-electron chi connectivity index (χ2n) is 2.98. The highest BCUT2D eigenvalue weighted by molar-refractivity contribution is 4.66. The van der Waals surface area contributed by atoms with E-state index in [2.05, 4.69) is 11.9 Å². The predicted molar refractivity (Wildman–Crippen MR) is 55.0 cm³/mol. The molecule has 0 aromatic carbocycles. The number of hydrogen-bond donors (Lipinski definition) is 1. The fourth-order valence-corrected chi connectivity index (χ4v) is 0.938. The Morgan fingerprint density at radius 3 is 2.92 bits per heavy atom. The van der Waals surface area contributed by atoms with Crippen molar-refractivity contribution in [3.05, 3.63) is 12.7 Å². The van der Waals surface area contributed by atoms with E-state index < -0.39 is 0 Å². The number of nitrogens with one attached hydrogen (secondary N) is 1. The maximum atomic E-state index is 5.39. The Bertz CT molecular complexity index is 117. The minimum Gasteiger partial charge on any atom is -0.385 e. The SMILES string of the molecule is C=CCOC(C)CNCCCOC. The first-order valence-electron chi connectivity index (χ1n) is 4.73. The summed E-state index contributed by atoms with van der Waals surface area (Å²) in [5.41, 5.74) is 0. The molecule has 78 valence electrons. The summed E-state index contributed by atoms with van der Waals surface area (Å²) in [5.74, 6) is 0. The molecule has 0 aromatic rings. The second-order valence-corrected chi connectivity index (χ2v) is 2.98. The molecule has 1 unspecified atom stereocenters. The molecule has 0 aliphatic heterocycles. The average molecular weight is 187 g/mol. The van der Waals surface area contributed by atoms with Crippen LogP contribution in [-0.4, -0.2) is 39.5 Å². The summed E-state index contributed by atoms with van der Waals surface area (Å²) in [7, 11) is 1.72. The zero-order valence-electron chi connectivity index (χ0n) is 8.71. The van der Waals surface area contributed by atoms with Crippen molar-refractivity contribution in [1.29, 1.82) is 0 Å². The first-order valence-corrected chi connectivity index (χ1v) is 4.73. The summed E-state index contributed by atoms with van der Waals surface area (Å²) in [4.78, 5) is 0. The van der Waals surface area contributed by atoms with E-state index in [-0.39, 0.29) is 6.10 Å². The standard InChI is InChI=1S/C10H21NO2/c1-4-7-13-10(2)9-11-6-5-8-12-3/h4,10-11H,1,5-9H2,2-3H3. The highest BCUT2D eigenvalue weighted by Gasteiger charge is 1.98. The van der Waals surface area contributed by atoms with E-state index in [1.165, 1.54) is 0 Å². The highest BCUT2D eigenvalue weighted by atomic mass is 16.5. The molecule has 0 amide bonds. The van der Waals surface area contributed by atoms with Crippen molar-refractivity contribution in [2.45, 2.75) is 19.4 Å². The zero-order valence-corrected chi connectivity index (χ0v) is 8.71. The van der Waals surface area contributed by atoms with E-state index in [1.54, 1.807) is 13.2 Å². The third kappa shape index (κ3) is 9.53. The fraction of sp³-hybridized carbons (Fsp3) is 0.800. The van der Waals surface area contributed by atoms with Gasteiger partial charge in [0.05, 0.1) is 12.7 Å². The van der Waals surface area contributed by atoms with Crippen LogP contribution in [0.15, 0.2) is 12.7 Å². The second kappa shape index (κ2) is 9.71. The lowest BCUT2D eigenvalue weighted by molar-refractivity contribution is 0.0874. The van der Waals surface area contributed by atoms with Gasteiger partial charge < -0.3 is 14.8 Å². The van der Waals surface area contributed by atoms with E-state index in [0.717, 1.165) is 26.1 Å². The van der Waals surface area contributed by atoms with Gasteiger partial charge in [-0.05, 0) is 19.9 Å². The van der Waals surface area contributed by atoms with Gasteiger partial charge in [0, 0.05) is 20.3 Å². The van der Waals surface area contributed by atoms with Crippen LogP contribution in [0.25, 0.3) is 0 Å². The van der Waals surface area contributed by atoms with Gasteiger partial charge in [0.15, 0.2) is 0 Å². The third-order valence-electron chi connectivity index (χ3n) is 1.63. The van der Waals surface area contributed by atoms with Crippen LogP contribution in [-0.2, 0) is 9.47 Å². The average Bonchev–Trinajstić information content (AvgIpc) is 2.14. The van der Waals surface area contributed by atoms with Crippen molar-refractivity contribution in [3.63, 3.8) is 0 Å². The van der Waals surface area contributed by atoms with Gasteiger partial charge >= 0.3 is 0 Å². The van der Waals surface area contributed by atoms with Crippen LogP contribution in [0.3, 0.4) is 0 Å². The smallest absolute Gasteiger partial charge is 0.0675 e. The van der Waals surface area contributed by atoms with Crippen molar-refractivity contribution < 1.29 is 9.47 Å². The number of rotatable bonds is 9. The Balaban J connectivity index is 3.07. The molecule has 0 radical (unpaired) electrons. The van der Waals surface area contributed by atoms with Crippen LogP contribution in [0.4, 0.5) is 0 Å². The number of ether oxygens (including phenoxy) is 2. The van der Waals surface area contributed by atoms with Gasteiger partial charge in [-0.25, -0.2) is 0 Å². The maximum Gasteiger partial charge on any atom is 0.0675 e. The molecule has 0 spiro atoms. The molecule has 0 fully saturated rings. The van der Waals surface area contributed by atoms with Crippen molar-refractivity contribution >= 4 is 0 Å². The summed E-state index contributed by atoms with van der Waals surface area (Å²) < 4.78 is 10.3. The Labute approximate surface area is 81.1 Å². The van der Waals surface area contributed by atoms with Crippen LogP contribution < -0.4 is 5.32 Å². The molecule has 1 N–H and O–H groups in total. The van der Waals surface area contributed by atoms with Crippen molar-refractivity contribution in [1.82, 2.24) is 5.32 Å². The van der Waals surface area contributed by atoms with Crippen molar-refractivity contribution in [3.8, 4) is 0 Å². The van der Waals surface area contributed by atoms with Gasteiger partial charge in [0.2, 0.25) is 0 Å². The monoisotopic (exact) mass is 187 g/mol. The lowest BCUT2D eigenvalue weighted by atomic mass is 10.3. The summed E-state index contributed by atoms with van der Waals surface area (Å²) in [5, 5.41) is 3.29. The van der Waals surface area contributed by atoms with Gasteiger partial charge in [-0.1, -0.05) is 6.08 Å². The topological polar surface area (TPSA) is 30.5 Å². The molecule has 0 saturated carbocycles. The Morgan fingerprint density at radius 2 is 2.31 bits per heavy atom. The summed E-state index contributed by atoms with van der Waals surface area (Å²) >= 11 is 0. The van der Waals surface area contributed by atoms with E-state index in [0.29, 0.717) is 6.61 Å². The highest BCUT2D eigenvalue weighted by Crippen LogP contribution is 1.88. The Kier molecular flexibility index (Phi) is 9.42. The lowest BCUT2D eigenvalue weighted by Crippen LogP contribution is -2.28. The lowest BCUT2D eigenvalue weighted by Gasteiger charge is -2.12. The van der Waals surface area contributed by atoms with Crippen LogP contribution in [0.2, 0.25) is 0 Å². The molecule has 3 nitrogen and oxygen atoms in total. The van der Waals surface area contributed by atoms with E-state index in [9.17, 15) is 0 Å². The van der Waals surface area contributed by atoms with Gasteiger partial charge in [-0.15, -0.1) is 6.58 Å². The van der Waals surface area contributed by atoms with E-state index >= 15 is 0 Å². The molecule has 0 saturated heterocycles. The molecule has 0 bridgehead atoms. The van der Waals surface area contributed by atoms with E-state index in [1.807, 2.05) is 6.92 Å². The molecular formula is C10H21NO2. The van der Waals surface area contributed by atoms with Gasteiger partial charge in [0.25, 0.3) is 0 Å². The summed E-state index contributed by atoms with van der Waals surface area (Å²) in [6, 6.07) is 0. The number of hydrogen-bond acceptors (Lipinski definition) is 3. The quantitative estimate of drug-likeness (QED) is 0.434. The molecule has 0 aromatic heterocycles. The molecule has 13 heavy (non-hydrogen) atoms. The van der Waals surface area contributed by atoms with Crippen LogP contribution in [0.1, 0.15) is 13.3 Å². The minimum atomic E-state index is 0.251. The van der Waals surface area contributed by atoms with Crippen molar-refractivity contribution in [2.24, 2.45) is 0 Å². The van der Waals surface area contributed by atoms with Crippen LogP contribution in [0, 0.1) is 0 Å². The molecule has 0 aliphatic carbocycles. The van der Waals surface area contributed by atoms with Crippen LogP contribution in [0.5, 0.6) is 0 Å². The summed E-state index contributed by atoms with van der Waals surface area (Å²) in [6.45, 7) is 8.95. The maximum absolute atomic E-state index is 5.39. The molecule has 0 heterocycles. The number of methoxy groups -OCH3 is 1. The van der Waals surface area contributed by atoms with Gasteiger partial charge in [0.1, 0.15) is 0 Å². The summed E-state index contributed by atoms with van der Waals surface area (Å²) in [6.07, 6.45) is 3.06. The zero-order chi connectivity index (χ0) is 9.94. The molecule has 1 atom stereocenters. The predicted octanol–water partition coefficient (Wildman–Crippen LogP) is 1.20. The van der Waals surface area contributed by atoms with E-state index in [4.69, 9.17) is 9.47 Å². The Morgan fingerprint density at radius 1 is 1.54 bits per heavy atom. The third-order valence-corrected chi connectivity index (χ3v) is 1.63. The fourth-order valence-electron chi connectivity index (χ4n) is 0.938. The van der Waals surface area contributed by atoms with Crippen LogP contribution >= 0.6 is 0 Å². The molecular weight excluding hydrogens is 166 g/mol. The molecule has 0 aliphatic rings.